The standard InChI is InChI=1S/C9H11F3N2O2/c1-5-6(4-15)2-8(14-7(5)3-13)16-9(10,11)12/h2,15H,3-4,13H2,1H3. The predicted molar refractivity (Wildman–Crippen MR) is 49.5 cm³/mol. The summed E-state index contributed by atoms with van der Waals surface area (Å²) in [6.45, 7) is 1.21. The van der Waals surface area contributed by atoms with Gasteiger partial charge in [0.2, 0.25) is 5.88 Å². The maximum Gasteiger partial charge on any atom is 0.574 e. The fraction of sp³-hybridized carbons (Fsp3) is 0.444. The van der Waals surface area contributed by atoms with E-state index in [1.165, 1.54) is 0 Å². The minimum Gasteiger partial charge on any atom is -0.392 e. The van der Waals surface area contributed by atoms with Gasteiger partial charge in [-0.05, 0) is 18.1 Å². The molecule has 0 atom stereocenters. The van der Waals surface area contributed by atoms with E-state index in [2.05, 4.69) is 9.72 Å². The Kier molecular flexibility index (Phi) is 3.71. The molecule has 0 fully saturated rings. The maximum absolute atomic E-state index is 12.0. The molecule has 1 heterocycles. The fourth-order valence-electron chi connectivity index (χ4n) is 1.23. The van der Waals surface area contributed by atoms with Crippen molar-refractivity contribution in [1.29, 1.82) is 0 Å². The molecule has 0 spiro atoms. The van der Waals surface area contributed by atoms with Gasteiger partial charge in [-0.15, -0.1) is 13.2 Å². The second-order valence-electron chi connectivity index (χ2n) is 3.10. The fourth-order valence-corrected chi connectivity index (χ4v) is 1.23. The highest BCUT2D eigenvalue weighted by molar-refractivity contribution is 5.33. The van der Waals surface area contributed by atoms with E-state index in [1.54, 1.807) is 6.92 Å². The van der Waals surface area contributed by atoms with Gasteiger partial charge in [-0.1, -0.05) is 0 Å². The lowest BCUT2D eigenvalue weighted by Gasteiger charge is -2.12. The summed E-state index contributed by atoms with van der Waals surface area (Å²) < 4.78 is 39.5. The van der Waals surface area contributed by atoms with Crippen molar-refractivity contribution in [3.8, 4) is 5.88 Å². The molecule has 1 aromatic heterocycles. The number of pyridine rings is 1. The molecule has 4 nitrogen and oxygen atoms in total. The maximum atomic E-state index is 12.0. The molecule has 0 radical (unpaired) electrons. The summed E-state index contributed by atoms with van der Waals surface area (Å²) in [6.07, 6.45) is -4.80. The lowest BCUT2D eigenvalue weighted by atomic mass is 10.1. The number of nitrogens with zero attached hydrogens (tertiary/aromatic N) is 1. The number of hydrogen-bond donors (Lipinski definition) is 2. The van der Waals surface area contributed by atoms with Gasteiger partial charge < -0.3 is 15.6 Å². The summed E-state index contributed by atoms with van der Waals surface area (Å²) in [5, 5.41) is 8.96. The Labute approximate surface area is 89.9 Å². The van der Waals surface area contributed by atoms with Crippen LogP contribution in [0.15, 0.2) is 6.07 Å². The molecule has 0 unspecified atom stereocenters. The normalized spacial score (nSPS) is 11.6. The molecular formula is C9H11F3N2O2. The number of alkyl halides is 3. The molecule has 0 aliphatic carbocycles. The predicted octanol–water partition coefficient (Wildman–Crippen LogP) is 1.24. The third-order valence-electron chi connectivity index (χ3n) is 2.04. The quantitative estimate of drug-likeness (QED) is 0.828. The van der Waals surface area contributed by atoms with Gasteiger partial charge in [-0.3, -0.25) is 0 Å². The summed E-state index contributed by atoms with van der Waals surface area (Å²) >= 11 is 0. The molecule has 0 saturated heterocycles. The van der Waals surface area contributed by atoms with Crippen molar-refractivity contribution in [2.24, 2.45) is 5.73 Å². The summed E-state index contributed by atoms with van der Waals surface area (Å²) in [7, 11) is 0. The van der Waals surface area contributed by atoms with Crippen LogP contribution in [0.5, 0.6) is 5.88 Å². The summed E-state index contributed by atoms with van der Waals surface area (Å²) in [4.78, 5) is 3.61. The number of halogens is 3. The summed E-state index contributed by atoms with van der Waals surface area (Å²) in [5.41, 5.74) is 6.48. The minimum absolute atomic E-state index is 0.0199. The number of hydrogen-bond acceptors (Lipinski definition) is 4. The Hall–Kier alpha value is -1.34. The van der Waals surface area contributed by atoms with Crippen LogP contribution in [0, 0.1) is 6.92 Å². The monoisotopic (exact) mass is 236 g/mol. The number of aliphatic hydroxyl groups excluding tert-OH is 1. The zero-order valence-electron chi connectivity index (χ0n) is 8.51. The zero-order valence-corrected chi connectivity index (χ0v) is 8.51. The molecule has 1 rings (SSSR count). The van der Waals surface area contributed by atoms with Crippen LogP contribution in [-0.4, -0.2) is 16.5 Å². The largest absolute Gasteiger partial charge is 0.574 e. The molecule has 0 aliphatic rings. The van der Waals surface area contributed by atoms with Gasteiger partial charge in [0.1, 0.15) is 0 Å². The van der Waals surface area contributed by atoms with Crippen LogP contribution in [0.25, 0.3) is 0 Å². The lowest BCUT2D eigenvalue weighted by molar-refractivity contribution is -0.276. The van der Waals surface area contributed by atoms with Crippen LogP contribution in [0.4, 0.5) is 13.2 Å². The third kappa shape index (κ3) is 3.07. The van der Waals surface area contributed by atoms with Gasteiger partial charge >= 0.3 is 6.36 Å². The number of aliphatic hydroxyl groups is 1. The SMILES string of the molecule is Cc1c(CO)cc(OC(F)(F)F)nc1CN. The van der Waals surface area contributed by atoms with Crippen LogP contribution in [0.3, 0.4) is 0 Å². The molecular weight excluding hydrogens is 225 g/mol. The first-order valence-corrected chi connectivity index (χ1v) is 4.43. The molecule has 3 N–H and O–H groups in total. The van der Waals surface area contributed by atoms with Crippen LogP contribution in [0.1, 0.15) is 16.8 Å². The van der Waals surface area contributed by atoms with Gasteiger partial charge in [0.05, 0.1) is 12.3 Å². The third-order valence-corrected chi connectivity index (χ3v) is 2.04. The van der Waals surface area contributed by atoms with Gasteiger partial charge in [0, 0.05) is 12.6 Å². The van der Waals surface area contributed by atoms with E-state index in [1.807, 2.05) is 0 Å². The van der Waals surface area contributed by atoms with Crippen molar-refractivity contribution in [3.63, 3.8) is 0 Å². The van der Waals surface area contributed by atoms with Gasteiger partial charge in [-0.25, -0.2) is 4.98 Å². The highest BCUT2D eigenvalue weighted by atomic mass is 19.4. The average molecular weight is 236 g/mol. The molecule has 16 heavy (non-hydrogen) atoms. The summed E-state index contributed by atoms with van der Waals surface area (Å²) in [6, 6.07) is 1.04. The Bertz CT molecular complexity index is 355. The lowest BCUT2D eigenvalue weighted by Crippen LogP contribution is -2.19. The van der Waals surface area contributed by atoms with E-state index >= 15 is 0 Å². The molecule has 0 aliphatic heterocycles. The highest BCUT2D eigenvalue weighted by Gasteiger charge is 2.32. The Morgan fingerprint density at radius 2 is 2.12 bits per heavy atom. The van der Waals surface area contributed by atoms with E-state index in [0.29, 0.717) is 11.1 Å². The molecule has 0 saturated carbocycles. The van der Waals surface area contributed by atoms with E-state index in [-0.39, 0.29) is 12.2 Å². The van der Waals surface area contributed by atoms with Gasteiger partial charge in [-0.2, -0.15) is 0 Å². The number of nitrogens with two attached hydrogens (primary N) is 1. The Balaban J connectivity index is 3.12. The van der Waals surface area contributed by atoms with Gasteiger partial charge in [0.25, 0.3) is 0 Å². The van der Waals surface area contributed by atoms with Crippen molar-refractivity contribution in [2.75, 3.05) is 0 Å². The smallest absolute Gasteiger partial charge is 0.392 e. The topological polar surface area (TPSA) is 68.4 Å². The zero-order chi connectivity index (χ0) is 12.3. The molecule has 0 amide bonds. The first-order chi connectivity index (χ1) is 7.37. The number of aromatic nitrogens is 1. The van der Waals surface area contributed by atoms with Crippen molar-refractivity contribution in [2.45, 2.75) is 26.4 Å². The summed E-state index contributed by atoms with van der Waals surface area (Å²) in [5.74, 6) is -0.609. The van der Waals surface area contributed by atoms with Crippen LogP contribution in [-0.2, 0) is 13.2 Å². The Morgan fingerprint density at radius 3 is 2.56 bits per heavy atom. The van der Waals surface area contributed by atoms with Crippen LogP contribution in [0.2, 0.25) is 0 Å². The second-order valence-corrected chi connectivity index (χ2v) is 3.10. The van der Waals surface area contributed by atoms with E-state index in [9.17, 15) is 13.2 Å². The van der Waals surface area contributed by atoms with Crippen molar-refractivity contribution >= 4 is 0 Å². The van der Waals surface area contributed by atoms with E-state index in [0.717, 1.165) is 6.07 Å². The first kappa shape index (κ1) is 12.7. The second kappa shape index (κ2) is 4.67. The molecule has 7 heteroatoms. The molecule has 0 bridgehead atoms. The molecule has 0 aromatic carbocycles. The average Bonchev–Trinajstić information content (AvgIpc) is 2.18. The minimum atomic E-state index is -4.80. The van der Waals surface area contributed by atoms with Gasteiger partial charge in [0.15, 0.2) is 0 Å². The van der Waals surface area contributed by atoms with Crippen LogP contribution < -0.4 is 10.5 Å². The molecule has 90 valence electrons. The number of rotatable bonds is 3. The highest BCUT2D eigenvalue weighted by Crippen LogP contribution is 2.24. The Morgan fingerprint density at radius 1 is 1.50 bits per heavy atom. The molecule has 1 aromatic rings. The first-order valence-electron chi connectivity index (χ1n) is 4.43. The van der Waals surface area contributed by atoms with E-state index in [4.69, 9.17) is 10.8 Å². The van der Waals surface area contributed by atoms with E-state index < -0.39 is 18.8 Å². The van der Waals surface area contributed by atoms with Crippen molar-refractivity contribution < 1.29 is 23.0 Å². The van der Waals surface area contributed by atoms with Crippen molar-refractivity contribution in [3.05, 3.63) is 22.9 Å². The van der Waals surface area contributed by atoms with Crippen LogP contribution >= 0.6 is 0 Å². The number of ether oxygens (including phenoxy) is 1. The van der Waals surface area contributed by atoms with Crippen molar-refractivity contribution in [1.82, 2.24) is 4.98 Å².